The summed E-state index contributed by atoms with van der Waals surface area (Å²) < 4.78 is 0. The minimum Gasteiger partial charge on any atom is -0.347 e. The van der Waals surface area contributed by atoms with Gasteiger partial charge < -0.3 is 4.98 Å². The van der Waals surface area contributed by atoms with Gasteiger partial charge in [0.25, 0.3) is 0 Å². The molecule has 2 aromatic heterocycles. The number of nitrogens with zero attached hydrogens (tertiary/aromatic N) is 1. The van der Waals surface area contributed by atoms with Crippen LogP contribution in [-0.2, 0) is 0 Å². The Bertz CT molecular complexity index is 392. The van der Waals surface area contributed by atoms with Gasteiger partial charge in [0.1, 0.15) is 13.5 Å². The number of aryl methyl sites for hydroxylation is 1. The molecule has 54 valence electrons. The number of hydrogen-bond donors (Lipinski definition) is 1. The van der Waals surface area contributed by atoms with E-state index in [1.54, 1.807) is 0 Å². The fraction of sp³-hybridized carbons (Fsp3) is 0.125. The summed E-state index contributed by atoms with van der Waals surface area (Å²) in [6, 6.07) is 2.15. The minimum absolute atomic E-state index is 0.980. The minimum atomic E-state index is 0.980. The fourth-order valence-electron chi connectivity index (χ4n) is 1.24. The lowest BCUT2D eigenvalue weighted by molar-refractivity contribution is 1.29. The molecule has 1 N–H and O–H groups in total. The highest BCUT2D eigenvalue weighted by Gasteiger charge is 1.98. The molecule has 3 heteroatoms. The third-order valence-corrected chi connectivity index (χ3v) is 1.87. The van der Waals surface area contributed by atoms with Gasteiger partial charge in [0.05, 0.1) is 0 Å². The SMILES string of the molecule is Bc1c[nH]c2ncc(C)cc12. The smallest absolute Gasteiger partial charge is 0.142 e. The molecule has 2 rings (SSSR count). The van der Waals surface area contributed by atoms with E-state index in [2.05, 4.69) is 30.8 Å². The summed E-state index contributed by atoms with van der Waals surface area (Å²) in [6.07, 6.45) is 3.86. The second-order valence-electron chi connectivity index (χ2n) is 2.88. The van der Waals surface area contributed by atoms with Gasteiger partial charge in [-0.1, -0.05) is 5.46 Å². The van der Waals surface area contributed by atoms with Crippen molar-refractivity contribution in [3.8, 4) is 0 Å². The lowest BCUT2D eigenvalue weighted by atomic mass is 9.96. The van der Waals surface area contributed by atoms with Crippen LogP contribution in [0.2, 0.25) is 0 Å². The highest BCUT2D eigenvalue weighted by Crippen LogP contribution is 2.07. The predicted octanol–water partition coefficient (Wildman–Crippen LogP) is 0.130. The lowest BCUT2D eigenvalue weighted by Crippen LogP contribution is -1.97. The first-order chi connectivity index (χ1) is 5.27. The normalized spacial score (nSPS) is 10.6. The van der Waals surface area contributed by atoms with Crippen molar-refractivity contribution in [2.24, 2.45) is 0 Å². The quantitative estimate of drug-likeness (QED) is 0.523. The molecular formula is C8H9BN2. The molecule has 0 amide bonds. The van der Waals surface area contributed by atoms with Gasteiger partial charge in [0.15, 0.2) is 0 Å². The molecule has 2 heterocycles. The molecule has 0 radical (unpaired) electrons. The topological polar surface area (TPSA) is 28.7 Å². The second kappa shape index (κ2) is 2.12. The maximum Gasteiger partial charge on any atom is 0.142 e. The highest BCUT2D eigenvalue weighted by atomic mass is 14.8. The van der Waals surface area contributed by atoms with Crippen molar-refractivity contribution >= 4 is 24.3 Å². The van der Waals surface area contributed by atoms with E-state index in [0.29, 0.717) is 0 Å². The largest absolute Gasteiger partial charge is 0.347 e. The number of aromatic nitrogens is 2. The predicted molar refractivity (Wildman–Crippen MR) is 49.0 cm³/mol. The van der Waals surface area contributed by atoms with E-state index in [1.165, 1.54) is 16.4 Å². The molecule has 2 aromatic rings. The molecule has 0 spiro atoms. The third-order valence-electron chi connectivity index (χ3n) is 1.87. The van der Waals surface area contributed by atoms with Crippen LogP contribution in [0, 0.1) is 6.92 Å². The molecule has 0 unspecified atom stereocenters. The Labute approximate surface area is 66.1 Å². The van der Waals surface area contributed by atoms with E-state index in [9.17, 15) is 0 Å². The van der Waals surface area contributed by atoms with Crippen molar-refractivity contribution in [3.05, 3.63) is 24.0 Å². The maximum atomic E-state index is 4.25. The zero-order chi connectivity index (χ0) is 7.84. The van der Waals surface area contributed by atoms with Crippen LogP contribution in [0.1, 0.15) is 5.56 Å². The van der Waals surface area contributed by atoms with Crippen molar-refractivity contribution in [2.75, 3.05) is 0 Å². The monoisotopic (exact) mass is 144 g/mol. The molecule has 0 aromatic carbocycles. The number of rotatable bonds is 0. The van der Waals surface area contributed by atoms with Gasteiger partial charge >= 0.3 is 0 Å². The molecule has 0 atom stereocenters. The summed E-state index contributed by atoms with van der Waals surface area (Å²) in [5, 5.41) is 1.23. The van der Waals surface area contributed by atoms with Crippen LogP contribution in [0.5, 0.6) is 0 Å². The van der Waals surface area contributed by atoms with Gasteiger partial charge in [-0.2, -0.15) is 0 Å². The Morgan fingerprint density at radius 3 is 3.18 bits per heavy atom. The van der Waals surface area contributed by atoms with Crippen molar-refractivity contribution < 1.29 is 0 Å². The van der Waals surface area contributed by atoms with E-state index in [4.69, 9.17) is 0 Å². The van der Waals surface area contributed by atoms with E-state index >= 15 is 0 Å². The lowest BCUT2D eigenvalue weighted by Gasteiger charge is -1.92. The van der Waals surface area contributed by atoms with Crippen LogP contribution < -0.4 is 5.46 Å². The van der Waals surface area contributed by atoms with Gasteiger partial charge in [0, 0.05) is 11.6 Å². The van der Waals surface area contributed by atoms with Gasteiger partial charge in [-0.3, -0.25) is 0 Å². The summed E-state index contributed by atoms with van der Waals surface area (Å²) in [7, 11) is 2.08. The average Bonchev–Trinajstić information content (AvgIpc) is 2.33. The van der Waals surface area contributed by atoms with Gasteiger partial charge in [-0.05, 0) is 24.8 Å². The number of hydrogen-bond acceptors (Lipinski definition) is 1. The molecule has 2 nitrogen and oxygen atoms in total. The van der Waals surface area contributed by atoms with Gasteiger partial charge in [-0.25, -0.2) is 4.98 Å². The molecule has 0 bridgehead atoms. The van der Waals surface area contributed by atoms with Crippen molar-refractivity contribution in [3.63, 3.8) is 0 Å². The Morgan fingerprint density at radius 2 is 2.36 bits per heavy atom. The number of H-pyrrole nitrogens is 1. The molecule has 11 heavy (non-hydrogen) atoms. The first kappa shape index (κ1) is 6.46. The Balaban J connectivity index is 2.87. The summed E-state index contributed by atoms with van der Waals surface area (Å²) in [6.45, 7) is 2.05. The summed E-state index contributed by atoms with van der Waals surface area (Å²) in [5.41, 5.74) is 3.45. The third kappa shape index (κ3) is 0.927. The highest BCUT2D eigenvalue weighted by molar-refractivity contribution is 6.38. The van der Waals surface area contributed by atoms with Crippen molar-refractivity contribution in [1.29, 1.82) is 0 Å². The van der Waals surface area contributed by atoms with E-state index in [-0.39, 0.29) is 0 Å². The van der Waals surface area contributed by atoms with Crippen molar-refractivity contribution in [2.45, 2.75) is 6.92 Å². The second-order valence-corrected chi connectivity index (χ2v) is 2.88. The van der Waals surface area contributed by atoms with Crippen LogP contribution in [-0.4, -0.2) is 17.8 Å². The molecule has 0 fully saturated rings. The first-order valence-electron chi connectivity index (χ1n) is 3.68. The number of aromatic amines is 1. The summed E-state index contributed by atoms with van der Waals surface area (Å²) >= 11 is 0. The van der Waals surface area contributed by atoms with Crippen molar-refractivity contribution in [1.82, 2.24) is 9.97 Å². The van der Waals surface area contributed by atoms with E-state index in [0.717, 1.165) is 5.65 Å². The Hall–Kier alpha value is -1.25. The van der Waals surface area contributed by atoms with E-state index < -0.39 is 0 Å². The molecule has 0 saturated carbocycles. The zero-order valence-corrected chi connectivity index (χ0v) is 6.68. The Kier molecular flexibility index (Phi) is 1.25. The summed E-state index contributed by atoms with van der Waals surface area (Å²) in [5.74, 6) is 0. The molecule has 0 saturated heterocycles. The average molecular weight is 144 g/mol. The standard InChI is InChI=1S/C8H9BN2/c1-5-2-6-7(9)4-11-8(6)10-3-5/h2-4H,9H2,1H3,(H,10,11). The van der Waals surface area contributed by atoms with E-state index in [1.807, 2.05) is 12.4 Å². The number of nitrogens with one attached hydrogen (secondary N) is 1. The van der Waals surface area contributed by atoms with Crippen LogP contribution in [0.25, 0.3) is 11.0 Å². The molecule has 0 aliphatic rings. The molecule has 0 aliphatic heterocycles. The molecular weight excluding hydrogens is 135 g/mol. The van der Waals surface area contributed by atoms with Gasteiger partial charge in [-0.15, -0.1) is 0 Å². The maximum absolute atomic E-state index is 4.25. The summed E-state index contributed by atoms with van der Waals surface area (Å²) in [4.78, 5) is 7.35. The number of pyridine rings is 1. The Morgan fingerprint density at radius 1 is 1.55 bits per heavy atom. The van der Waals surface area contributed by atoms with Crippen LogP contribution in [0.4, 0.5) is 0 Å². The van der Waals surface area contributed by atoms with Crippen LogP contribution in [0.3, 0.4) is 0 Å². The van der Waals surface area contributed by atoms with Crippen LogP contribution >= 0.6 is 0 Å². The zero-order valence-electron chi connectivity index (χ0n) is 6.68. The number of fused-ring (bicyclic) bond motifs is 1. The van der Waals surface area contributed by atoms with Gasteiger partial charge in [0.2, 0.25) is 0 Å². The van der Waals surface area contributed by atoms with Crippen LogP contribution in [0.15, 0.2) is 18.5 Å². The molecule has 0 aliphatic carbocycles. The first-order valence-corrected chi connectivity index (χ1v) is 3.68. The fourth-order valence-corrected chi connectivity index (χ4v) is 1.24.